The maximum Gasteiger partial charge on any atom is 0.337 e. The van der Waals surface area contributed by atoms with Crippen molar-refractivity contribution in [3.63, 3.8) is 0 Å². The maximum atomic E-state index is 12.8. The van der Waals surface area contributed by atoms with Crippen LogP contribution < -0.4 is 4.74 Å². The van der Waals surface area contributed by atoms with Crippen LogP contribution in [0.3, 0.4) is 0 Å². The highest BCUT2D eigenvalue weighted by Gasteiger charge is 2.48. The first kappa shape index (κ1) is 31.9. The Bertz CT molecular complexity index is 886. The molecular weight excluding hydrogens is 496 g/mol. The van der Waals surface area contributed by atoms with Crippen LogP contribution in [0.1, 0.15) is 39.5 Å². The minimum Gasteiger partial charge on any atom is -0.497 e. The lowest BCUT2D eigenvalue weighted by atomic mass is 9.81. The summed E-state index contributed by atoms with van der Waals surface area (Å²) in [6.45, 7) is 7.60. The number of aldehydes is 1. The van der Waals surface area contributed by atoms with Crippen LogP contribution in [0, 0.1) is 17.8 Å². The third kappa shape index (κ3) is 8.33. The molecule has 1 heterocycles. The third-order valence-electron chi connectivity index (χ3n) is 6.63. The number of carbonyl (C=O) groups is 2. The molecule has 8 atom stereocenters. The fourth-order valence-electron chi connectivity index (χ4n) is 4.74. The predicted molar refractivity (Wildman–Crippen MR) is 138 cm³/mol. The van der Waals surface area contributed by atoms with Crippen molar-refractivity contribution in [2.45, 2.75) is 58.4 Å². The van der Waals surface area contributed by atoms with Crippen molar-refractivity contribution in [3.05, 3.63) is 41.5 Å². The van der Waals surface area contributed by atoms with Crippen molar-refractivity contribution in [2.24, 2.45) is 17.8 Å². The largest absolute Gasteiger partial charge is 0.497 e. The zero-order valence-electron chi connectivity index (χ0n) is 23.6. The van der Waals surface area contributed by atoms with Crippen molar-refractivity contribution >= 4 is 12.3 Å². The molecule has 2 rings (SSSR count). The van der Waals surface area contributed by atoms with Gasteiger partial charge in [-0.3, -0.25) is 0 Å². The van der Waals surface area contributed by atoms with Crippen molar-refractivity contribution in [3.8, 4) is 5.75 Å². The number of allylic oxidation sites excluding steroid dienone is 1. The van der Waals surface area contributed by atoms with Gasteiger partial charge in [0.15, 0.2) is 12.4 Å². The van der Waals surface area contributed by atoms with Gasteiger partial charge in [-0.1, -0.05) is 39.0 Å². The van der Waals surface area contributed by atoms with Crippen LogP contribution >= 0.6 is 0 Å². The lowest BCUT2D eigenvalue weighted by Gasteiger charge is -2.46. The van der Waals surface area contributed by atoms with E-state index in [9.17, 15) is 9.59 Å². The molecule has 1 aromatic carbocycles. The highest BCUT2D eigenvalue weighted by molar-refractivity contribution is 5.75. The number of hydrogen-bond donors (Lipinski definition) is 0. The van der Waals surface area contributed by atoms with Crippen molar-refractivity contribution < 1.29 is 47.5 Å². The minimum absolute atomic E-state index is 0.0559. The summed E-state index contributed by atoms with van der Waals surface area (Å²) >= 11 is 0. The van der Waals surface area contributed by atoms with Gasteiger partial charge in [0.25, 0.3) is 0 Å². The highest BCUT2D eigenvalue weighted by atomic mass is 16.7. The smallest absolute Gasteiger partial charge is 0.337 e. The average molecular weight is 539 g/mol. The molecule has 0 spiro atoms. The molecule has 38 heavy (non-hydrogen) atoms. The molecule has 0 saturated carbocycles. The number of ether oxygens (including phenoxy) is 8. The summed E-state index contributed by atoms with van der Waals surface area (Å²) in [6.07, 6.45) is -0.738. The molecule has 10 heteroatoms. The van der Waals surface area contributed by atoms with Crippen molar-refractivity contribution in [1.29, 1.82) is 0 Å². The van der Waals surface area contributed by atoms with E-state index in [2.05, 4.69) is 0 Å². The molecule has 0 bridgehead atoms. The van der Waals surface area contributed by atoms with E-state index < -0.39 is 36.7 Å². The Morgan fingerprint density at radius 3 is 2.13 bits per heavy atom. The molecule has 1 aliphatic heterocycles. The molecule has 0 N–H and O–H groups in total. The van der Waals surface area contributed by atoms with E-state index in [4.69, 9.17) is 37.9 Å². The van der Waals surface area contributed by atoms with Crippen molar-refractivity contribution in [1.82, 2.24) is 0 Å². The molecule has 1 aliphatic rings. The molecule has 1 saturated heterocycles. The molecular formula is C28H42O10. The van der Waals surface area contributed by atoms with Gasteiger partial charge < -0.3 is 42.7 Å². The Morgan fingerprint density at radius 2 is 1.58 bits per heavy atom. The monoisotopic (exact) mass is 538 g/mol. The number of methoxy groups -OCH3 is 4. The van der Waals surface area contributed by atoms with Crippen LogP contribution in [0.2, 0.25) is 0 Å². The van der Waals surface area contributed by atoms with E-state index in [-0.39, 0.29) is 31.3 Å². The second-order valence-corrected chi connectivity index (χ2v) is 9.44. The van der Waals surface area contributed by atoms with Crippen molar-refractivity contribution in [2.75, 3.05) is 42.0 Å². The number of esters is 1. The summed E-state index contributed by atoms with van der Waals surface area (Å²) in [5.41, 5.74) is 1.61. The summed E-state index contributed by atoms with van der Waals surface area (Å²) in [5.74, 6) is -0.736. The van der Waals surface area contributed by atoms with E-state index in [1.807, 2.05) is 58.0 Å². The molecule has 0 radical (unpaired) electrons. The lowest BCUT2D eigenvalue weighted by Crippen LogP contribution is -2.54. The summed E-state index contributed by atoms with van der Waals surface area (Å²) in [7, 11) is 5.91. The highest BCUT2D eigenvalue weighted by Crippen LogP contribution is 2.41. The molecule has 214 valence electrons. The topological polar surface area (TPSA) is 108 Å². The zero-order valence-corrected chi connectivity index (χ0v) is 23.6. The Labute approximate surface area is 225 Å². The Kier molecular flexibility index (Phi) is 13.4. The molecule has 1 fully saturated rings. The normalized spacial score (nSPS) is 25.2. The first-order valence-electron chi connectivity index (χ1n) is 12.6. The van der Waals surface area contributed by atoms with Gasteiger partial charge >= 0.3 is 5.97 Å². The van der Waals surface area contributed by atoms with Gasteiger partial charge in [0, 0.05) is 37.5 Å². The number of carbonyl (C=O) groups excluding carboxylic acids is 2. The van der Waals surface area contributed by atoms with E-state index in [1.165, 1.54) is 14.2 Å². The Morgan fingerprint density at radius 1 is 0.974 bits per heavy atom. The summed E-state index contributed by atoms with van der Waals surface area (Å²) in [5, 5.41) is 0. The Balaban J connectivity index is 2.51. The van der Waals surface area contributed by atoms with Gasteiger partial charge in [-0.2, -0.15) is 0 Å². The van der Waals surface area contributed by atoms with Gasteiger partial charge in [0.2, 0.25) is 0 Å². The predicted octanol–water partition coefficient (Wildman–Crippen LogP) is 3.68. The summed E-state index contributed by atoms with van der Waals surface area (Å²) < 4.78 is 45.3. The number of hydrogen-bond acceptors (Lipinski definition) is 10. The van der Waals surface area contributed by atoms with Crippen LogP contribution in [0.4, 0.5) is 0 Å². The van der Waals surface area contributed by atoms with Crippen LogP contribution in [-0.4, -0.2) is 78.7 Å². The Hall–Kier alpha value is -2.34. The van der Waals surface area contributed by atoms with E-state index in [0.717, 1.165) is 17.4 Å². The van der Waals surface area contributed by atoms with Crippen LogP contribution in [-0.2, 0) is 42.7 Å². The first-order valence-corrected chi connectivity index (χ1v) is 12.6. The molecule has 10 nitrogen and oxygen atoms in total. The van der Waals surface area contributed by atoms with Crippen LogP contribution in [0.5, 0.6) is 5.75 Å². The standard InChI is InChI=1S/C28H42O10/c1-17(14-29)13-18(2)23(35-15-31-5)19(3)24-20(4)25(26(27(30)34-8)36-16-32-6)38-28(37-24)21-9-11-22(33-7)12-10-21/h9-14,17,19-20,23-26,28H,15-16H2,1-8H3/b18-13+/t17-,19+,20+,23-,24-,25-,26+,28-/m0/s1. The molecule has 0 aliphatic carbocycles. The third-order valence-corrected chi connectivity index (χ3v) is 6.63. The molecule has 1 aromatic rings. The van der Waals surface area contributed by atoms with E-state index in [0.29, 0.717) is 5.75 Å². The van der Waals surface area contributed by atoms with Gasteiger partial charge in [-0.25, -0.2) is 4.79 Å². The van der Waals surface area contributed by atoms with Gasteiger partial charge in [-0.15, -0.1) is 0 Å². The minimum atomic E-state index is -1.06. The van der Waals surface area contributed by atoms with E-state index in [1.54, 1.807) is 14.2 Å². The average Bonchev–Trinajstić information content (AvgIpc) is 2.93. The van der Waals surface area contributed by atoms with Gasteiger partial charge in [0.1, 0.15) is 31.7 Å². The number of benzene rings is 1. The summed E-state index contributed by atoms with van der Waals surface area (Å²) in [4.78, 5) is 24.1. The second-order valence-electron chi connectivity index (χ2n) is 9.44. The molecule has 0 amide bonds. The maximum absolute atomic E-state index is 12.8. The van der Waals surface area contributed by atoms with E-state index >= 15 is 0 Å². The van der Waals surface area contributed by atoms with Gasteiger partial charge in [-0.05, 0) is 24.6 Å². The fourth-order valence-corrected chi connectivity index (χ4v) is 4.74. The zero-order chi connectivity index (χ0) is 28.2. The second kappa shape index (κ2) is 15.9. The molecule has 0 unspecified atom stereocenters. The van der Waals surface area contributed by atoms with Crippen LogP contribution in [0.15, 0.2) is 35.9 Å². The lowest BCUT2D eigenvalue weighted by molar-refractivity contribution is -0.307. The van der Waals surface area contributed by atoms with Gasteiger partial charge in [0.05, 0.1) is 26.4 Å². The van der Waals surface area contributed by atoms with Crippen LogP contribution in [0.25, 0.3) is 0 Å². The number of rotatable bonds is 15. The fraction of sp³-hybridized carbons (Fsp3) is 0.643. The SMILES string of the molecule is COCO[C@@H](C(=O)OC)[C@H]1O[C@@H](c2ccc(OC)cc2)O[C@@H]([C@H](C)[C@@H](OCOC)/C(C)=C/[C@H](C)C=O)[C@H]1C. The first-order chi connectivity index (χ1) is 18.2. The summed E-state index contributed by atoms with van der Waals surface area (Å²) in [6, 6.07) is 7.31. The quantitative estimate of drug-likeness (QED) is 0.142. The molecule has 0 aromatic heterocycles.